The lowest BCUT2D eigenvalue weighted by Gasteiger charge is -2.15. The molecule has 1 aromatic rings. The van der Waals surface area contributed by atoms with Crippen LogP contribution in [0, 0.1) is 5.92 Å². The summed E-state index contributed by atoms with van der Waals surface area (Å²) in [4.78, 5) is 11.9. The average Bonchev–Trinajstić information content (AvgIpc) is 2.42. The molecule has 2 N–H and O–H groups in total. The molecule has 1 rings (SSSR count). The van der Waals surface area contributed by atoms with Gasteiger partial charge in [0.15, 0.2) is 0 Å². The van der Waals surface area contributed by atoms with Crippen molar-refractivity contribution in [2.45, 2.75) is 46.1 Å². The van der Waals surface area contributed by atoms with Crippen molar-refractivity contribution in [3.05, 3.63) is 35.4 Å². The number of aliphatic hydroxyl groups excluding tert-OH is 1. The largest absolute Gasteiger partial charge is 0.391 e. The normalized spacial score (nSPS) is 12.5. The Kier molecular flexibility index (Phi) is 6.57. The number of carbonyl (C=O) groups is 1. The quantitative estimate of drug-likeness (QED) is 0.794. The first kappa shape index (κ1) is 15.7. The number of hydrogen-bond donors (Lipinski definition) is 2. The zero-order chi connectivity index (χ0) is 14.3. The minimum atomic E-state index is -0.493. The van der Waals surface area contributed by atoms with E-state index in [0.717, 1.165) is 6.42 Å². The monoisotopic (exact) mass is 263 g/mol. The summed E-state index contributed by atoms with van der Waals surface area (Å²) in [5, 5.41) is 12.4. The van der Waals surface area contributed by atoms with Crippen molar-refractivity contribution in [2.75, 3.05) is 6.54 Å². The summed E-state index contributed by atoms with van der Waals surface area (Å²) in [6, 6.07) is 7.71. The van der Waals surface area contributed by atoms with Gasteiger partial charge in [0.1, 0.15) is 0 Å². The van der Waals surface area contributed by atoms with Gasteiger partial charge < -0.3 is 10.4 Å². The van der Waals surface area contributed by atoms with Crippen molar-refractivity contribution in [3.63, 3.8) is 0 Å². The first-order valence-electron chi connectivity index (χ1n) is 7.09. The summed E-state index contributed by atoms with van der Waals surface area (Å²) in [5.74, 6) is 0.0264. The summed E-state index contributed by atoms with van der Waals surface area (Å²) in [6.45, 7) is 6.33. The smallest absolute Gasteiger partial charge is 0.251 e. The van der Waals surface area contributed by atoms with E-state index < -0.39 is 6.10 Å². The molecule has 106 valence electrons. The summed E-state index contributed by atoms with van der Waals surface area (Å²) in [7, 11) is 0. The number of aliphatic hydroxyl groups is 1. The Balaban J connectivity index is 2.48. The lowest BCUT2D eigenvalue weighted by molar-refractivity contribution is 0.0871. The predicted octanol–water partition coefficient (Wildman–Crippen LogP) is 2.78. The summed E-state index contributed by atoms with van der Waals surface area (Å²) in [6.07, 6.45) is 2.92. The number of benzene rings is 1. The zero-order valence-electron chi connectivity index (χ0n) is 12.1. The fraction of sp³-hybridized carbons (Fsp3) is 0.562. The Hall–Kier alpha value is -1.35. The number of nitrogens with one attached hydrogen (secondary N) is 1. The Labute approximate surface area is 116 Å². The van der Waals surface area contributed by atoms with Crippen LogP contribution in [0.2, 0.25) is 0 Å². The van der Waals surface area contributed by atoms with Gasteiger partial charge in [-0.05, 0) is 36.5 Å². The highest BCUT2D eigenvalue weighted by molar-refractivity contribution is 5.94. The van der Waals surface area contributed by atoms with Crippen LogP contribution in [0.3, 0.4) is 0 Å². The molecular formula is C16H25NO2. The third-order valence-corrected chi connectivity index (χ3v) is 3.28. The number of hydrogen-bond acceptors (Lipinski definition) is 2. The van der Waals surface area contributed by atoms with Crippen molar-refractivity contribution in [1.82, 2.24) is 5.32 Å². The van der Waals surface area contributed by atoms with Gasteiger partial charge in [0, 0.05) is 12.1 Å². The highest BCUT2D eigenvalue weighted by Crippen LogP contribution is 2.08. The van der Waals surface area contributed by atoms with E-state index in [0.29, 0.717) is 12.1 Å². The van der Waals surface area contributed by atoms with Crippen LogP contribution in [0.4, 0.5) is 0 Å². The topological polar surface area (TPSA) is 49.3 Å². The molecule has 0 saturated carbocycles. The van der Waals surface area contributed by atoms with Crippen LogP contribution >= 0.6 is 0 Å². The Morgan fingerprint density at radius 1 is 1.26 bits per heavy atom. The third kappa shape index (κ3) is 5.43. The van der Waals surface area contributed by atoms with Crippen molar-refractivity contribution in [2.24, 2.45) is 5.92 Å². The van der Waals surface area contributed by atoms with Gasteiger partial charge >= 0.3 is 0 Å². The van der Waals surface area contributed by atoms with E-state index in [1.807, 2.05) is 38.1 Å². The van der Waals surface area contributed by atoms with E-state index in [1.165, 1.54) is 18.4 Å². The van der Waals surface area contributed by atoms with Crippen LogP contribution in [0.5, 0.6) is 0 Å². The van der Waals surface area contributed by atoms with E-state index in [2.05, 4.69) is 12.2 Å². The van der Waals surface area contributed by atoms with Gasteiger partial charge in [-0.1, -0.05) is 39.3 Å². The van der Waals surface area contributed by atoms with Crippen LogP contribution < -0.4 is 5.32 Å². The lowest BCUT2D eigenvalue weighted by Crippen LogP contribution is -2.34. The maximum absolute atomic E-state index is 11.9. The molecular weight excluding hydrogens is 238 g/mol. The molecule has 3 heteroatoms. The van der Waals surface area contributed by atoms with Crippen molar-refractivity contribution in [1.29, 1.82) is 0 Å². The zero-order valence-corrected chi connectivity index (χ0v) is 12.1. The van der Waals surface area contributed by atoms with Crippen LogP contribution in [0.25, 0.3) is 0 Å². The van der Waals surface area contributed by atoms with Crippen LogP contribution in [-0.2, 0) is 6.42 Å². The number of carbonyl (C=O) groups excluding carboxylic acids is 1. The van der Waals surface area contributed by atoms with E-state index in [4.69, 9.17) is 0 Å². The standard InChI is InChI=1S/C16H25NO2/c1-4-5-6-13-7-9-14(10-8-13)16(19)17-11-15(18)12(2)3/h7-10,12,15,18H,4-6,11H2,1-3H3,(H,17,19). The molecule has 0 radical (unpaired) electrons. The van der Waals surface area contributed by atoms with Crippen LogP contribution in [0.15, 0.2) is 24.3 Å². The third-order valence-electron chi connectivity index (χ3n) is 3.28. The van der Waals surface area contributed by atoms with Crippen molar-refractivity contribution < 1.29 is 9.90 Å². The maximum Gasteiger partial charge on any atom is 0.251 e. The van der Waals surface area contributed by atoms with Gasteiger partial charge in [0.2, 0.25) is 0 Å². The number of aryl methyl sites for hydroxylation is 1. The Morgan fingerprint density at radius 3 is 2.42 bits per heavy atom. The molecule has 0 fully saturated rings. The molecule has 0 aliphatic heterocycles. The highest BCUT2D eigenvalue weighted by Gasteiger charge is 2.11. The number of unbranched alkanes of at least 4 members (excludes halogenated alkanes) is 1. The van der Waals surface area contributed by atoms with Crippen LogP contribution in [-0.4, -0.2) is 23.7 Å². The Morgan fingerprint density at radius 2 is 1.89 bits per heavy atom. The average molecular weight is 263 g/mol. The molecule has 1 atom stereocenters. The van der Waals surface area contributed by atoms with Gasteiger partial charge in [0.25, 0.3) is 5.91 Å². The van der Waals surface area contributed by atoms with Gasteiger partial charge in [-0.3, -0.25) is 4.79 Å². The van der Waals surface area contributed by atoms with Gasteiger partial charge in [0.05, 0.1) is 6.10 Å². The molecule has 0 aliphatic rings. The molecule has 1 amide bonds. The molecule has 3 nitrogen and oxygen atoms in total. The van der Waals surface area contributed by atoms with E-state index >= 15 is 0 Å². The highest BCUT2D eigenvalue weighted by atomic mass is 16.3. The number of rotatable bonds is 7. The second-order valence-corrected chi connectivity index (χ2v) is 5.32. The minimum Gasteiger partial charge on any atom is -0.391 e. The lowest BCUT2D eigenvalue weighted by atomic mass is 10.1. The van der Waals surface area contributed by atoms with E-state index in [1.54, 1.807) is 0 Å². The molecule has 1 aromatic carbocycles. The summed E-state index contributed by atoms with van der Waals surface area (Å²) < 4.78 is 0. The second-order valence-electron chi connectivity index (χ2n) is 5.32. The first-order chi connectivity index (χ1) is 9.04. The predicted molar refractivity (Wildman–Crippen MR) is 78.2 cm³/mol. The Bertz CT molecular complexity index is 384. The van der Waals surface area contributed by atoms with E-state index in [9.17, 15) is 9.90 Å². The summed E-state index contributed by atoms with van der Waals surface area (Å²) >= 11 is 0. The van der Waals surface area contributed by atoms with Crippen molar-refractivity contribution >= 4 is 5.91 Å². The fourth-order valence-corrected chi connectivity index (χ4v) is 1.74. The maximum atomic E-state index is 11.9. The molecule has 0 heterocycles. The summed E-state index contributed by atoms with van der Waals surface area (Å²) in [5.41, 5.74) is 1.91. The van der Waals surface area contributed by atoms with Gasteiger partial charge in [-0.15, -0.1) is 0 Å². The molecule has 19 heavy (non-hydrogen) atoms. The molecule has 1 unspecified atom stereocenters. The van der Waals surface area contributed by atoms with E-state index in [-0.39, 0.29) is 11.8 Å². The first-order valence-corrected chi connectivity index (χ1v) is 7.09. The molecule has 0 aromatic heterocycles. The van der Waals surface area contributed by atoms with Crippen LogP contribution in [0.1, 0.15) is 49.5 Å². The van der Waals surface area contributed by atoms with Gasteiger partial charge in [-0.25, -0.2) is 0 Å². The number of amides is 1. The molecule has 0 spiro atoms. The SMILES string of the molecule is CCCCc1ccc(C(=O)NCC(O)C(C)C)cc1. The fourth-order valence-electron chi connectivity index (χ4n) is 1.74. The second kappa shape index (κ2) is 7.95. The molecule has 0 saturated heterocycles. The van der Waals surface area contributed by atoms with Gasteiger partial charge in [-0.2, -0.15) is 0 Å². The van der Waals surface area contributed by atoms with Crippen molar-refractivity contribution in [3.8, 4) is 0 Å². The molecule has 0 bridgehead atoms. The molecule has 0 aliphatic carbocycles. The minimum absolute atomic E-state index is 0.123.